The number of aliphatic imine (C=N–C) groups is 1. The van der Waals surface area contributed by atoms with Crippen molar-refractivity contribution < 1.29 is 17.6 Å². The molecule has 1 aliphatic rings. The highest BCUT2D eigenvalue weighted by atomic mass is 19.3. The lowest BCUT2D eigenvalue weighted by molar-refractivity contribution is 0.0931. The second kappa shape index (κ2) is 3.73. The molecule has 0 radical (unpaired) electrons. The van der Waals surface area contributed by atoms with Crippen LogP contribution < -0.4 is 0 Å². The van der Waals surface area contributed by atoms with E-state index >= 15 is 0 Å². The first-order chi connectivity index (χ1) is 5.59. The summed E-state index contributed by atoms with van der Waals surface area (Å²) in [6.07, 6.45) is -4.01. The van der Waals surface area contributed by atoms with Crippen molar-refractivity contribution in [3.8, 4) is 0 Å². The molecule has 12 heavy (non-hydrogen) atoms. The first-order valence-corrected chi connectivity index (χ1v) is 3.43. The molecule has 6 heteroatoms. The van der Waals surface area contributed by atoms with Crippen LogP contribution in [0.3, 0.4) is 0 Å². The SMILES string of the molecule is FC(F)CN1C=NC(C(F)F)C1. The molecule has 0 saturated heterocycles. The zero-order chi connectivity index (χ0) is 9.14. The highest BCUT2D eigenvalue weighted by molar-refractivity contribution is 5.57. The number of nitrogens with zero attached hydrogens (tertiary/aromatic N) is 2. The maximum absolute atomic E-state index is 11.9. The Kier molecular flexibility index (Phi) is 2.88. The molecule has 0 aromatic carbocycles. The van der Waals surface area contributed by atoms with Crippen LogP contribution in [0.1, 0.15) is 0 Å². The molecule has 0 N–H and O–H groups in total. The fourth-order valence-corrected chi connectivity index (χ4v) is 0.958. The van der Waals surface area contributed by atoms with Crippen LogP contribution in [0.15, 0.2) is 4.99 Å². The summed E-state index contributed by atoms with van der Waals surface area (Å²) in [4.78, 5) is 4.49. The summed E-state index contributed by atoms with van der Waals surface area (Å²) in [6.45, 7) is -0.630. The Hall–Kier alpha value is -0.810. The van der Waals surface area contributed by atoms with Crippen LogP contribution in [0.5, 0.6) is 0 Å². The van der Waals surface area contributed by atoms with Crippen molar-refractivity contribution in [3.63, 3.8) is 0 Å². The van der Waals surface area contributed by atoms with Crippen LogP contribution in [0.25, 0.3) is 0 Å². The molecule has 0 fully saturated rings. The van der Waals surface area contributed by atoms with E-state index in [-0.39, 0.29) is 6.54 Å². The minimum atomic E-state index is -2.57. The van der Waals surface area contributed by atoms with Gasteiger partial charge in [-0.1, -0.05) is 0 Å². The number of rotatable bonds is 3. The molecule has 0 spiro atoms. The molecule has 1 atom stereocenters. The Morgan fingerprint density at radius 2 is 2.08 bits per heavy atom. The molecular formula is C6H8F4N2. The van der Waals surface area contributed by atoms with Gasteiger partial charge in [0.25, 0.3) is 12.9 Å². The van der Waals surface area contributed by atoms with Crippen LogP contribution in [0.2, 0.25) is 0 Å². The van der Waals surface area contributed by atoms with Gasteiger partial charge in [0.1, 0.15) is 6.04 Å². The Morgan fingerprint density at radius 1 is 1.42 bits per heavy atom. The molecular weight excluding hydrogens is 176 g/mol. The summed E-state index contributed by atoms with van der Waals surface area (Å²) in [5, 5.41) is 0. The molecule has 0 saturated carbocycles. The van der Waals surface area contributed by atoms with Gasteiger partial charge in [0.15, 0.2) is 0 Å². The number of hydrogen-bond donors (Lipinski definition) is 0. The Bertz CT molecular complexity index is 171. The largest absolute Gasteiger partial charge is 0.355 e. The summed E-state index contributed by atoms with van der Waals surface area (Å²) in [5.74, 6) is 0. The summed E-state index contributed by atoms with van der Waals surface area (Å²) >= 11 is 0. The third kappa shape index (κ3) is 2.35. The maximum Gasteiger partial charge on any atom is 0.262 e. The monoisotopic (exact) mass is 184 g/mol. The van der Waals surface area contributed by atoms with Gasteiger partial charge in [-0.2, -0.15) is 0 Å². The third-order valence-corrected chi connectivity index (χ3v) is 1.51. The van der Waals surface area contributed by atoms with Gasteiger partial charge in [0.2, 0.25) is 0 Å². The second-order valence-corrected chi connectivity index (χ2v) is 2.51. The van der Waals surface area contributed by atoms with Crippen LogP contribution in [-0.4, -0.2) is 43.2 Å². The van der Waals surface area contributed by atoms with Crippen molar-refractivity contribution in [2.24, 2.45) is 4.99 Å². The van der Waals surface area contributed by atoms with E-state index in [0.717, 1.165) is 11.2 Å². The lowest BCUT2D eigenvalue weighted by Gasteiger charge is -2.14. The van der Waals surface area contributed by atoms with Crippen molar-refractivity contribution in [2.75, 3.05) is 13.1 Å². The van der Waals surface area contributed by atoms with Crippen molar-refractivity contribution in [2.45, 2.75) is 18.9 Å². The average molecular weight is 184 g/mol. The molecule has 1 heterocycles. The predicted octanol–water partition coefficient (Wildman–Crippen LogP) is 1.23. The van der Waals surface area contributed by atoms with E-state index in [1.165, 1.54) is 0 Å². The zero-order valence-corrected chi connectivity index (χ0v) is 6.13. The Morgan fingerprint density at radius 3 is 2.50 bits per heavy atom. The van der Waals surface area contributed by atoms with E-state index in [1.54, 1.807) is 0 Å². The molecule has 1 aliphatic heterocycles. The fourth-order valence-electron chi connectivity index (χ4n) is 0.958. The van der Waals surface area contributed by atoms with Crippen LogP contribution in [0.4, 0.5) is 17.6 Å². The van der Waals surface area contributed by atoms with Gasteiger partial charge in [-0.05, 0) is 0 Å². The van der Waals surface area contributed by atoms with Crippen LogP contribution >= 0.6 is 0 Å². The van der Waals surface area contributed by atoms with Crippen LogP contribution in [0, 0.1) is 0 Å². The van der Waals surface area contributed by atoms with Gasteiger partial charge in [0.05, 0.1) is 12.9 Å². The minimum Gasteiger partial charge on any atom is -0.355 e. The molecule has 1 unspecified atom stereocenters. The minimum absolute atomic E-state index is 0.109. The van der Waals surface area contributed by atoms with Gasteiger partial charge < -0.3 is 4.90 Å². The Balaban J connectivity index is 2.32. The van der Waals surface area contributed by atoms with Crippen molar-refractivity contribution in [1.29, 1.82) is 0 Å². The predicted molar refractivity (Wildman–Crippen MR) is 35.9 cm³/mol. The van der Waals surface area contributed by atoms with Crippen LogP contribution in [-0.2, 0) is 0 Å². The summed E-state index contributed by atoms with van der Waals surface area (Å²) in [6, 6.07) is -1.14. The number of hydrogen-bond acceptors (Lipinski definition) is 2. The number of halogens is 4. The number of alkyl halides is 4. The highest BCUT2D eigenvalue weighted by Crippen LogP contribution is 2.12. The highest BCUT2D eigenvalue weighted by Gasteiger charge is 2.26. The van der Waals surface area contributed by atoms with E-state index in [4.69, 9.17) is 0 Å². The second-order valence-electron chi connectivity index (χ2n) is 2.51. The molecule has 70 valence electrons. The smallest absolute Gasteiger partial charge is 0.262 e. The molecule has 0 aromatic rings. The van der Waals surface area contributed by atoms with Gasteiger partial charge in [0, 0.05) is 6.54 Å². The summed E-state index contributed by atoms with van der Waals surface area (Å²) in [7, 11) is 0. The molecule has 0 aliphatic carbocycles. The first-order valence-electron chi connectivity index (χ1n) is 3.43. The normalized spacial score (nSPS) is 23.2. The Labute approximate surface area is 66.9 Å². The topological polar surface area (TPSA) is 15.6 Å². The quantitative estimate of drug-likeness (QED) is 0.602. The molecule has 0 amide bonds. The molecule has 0 bridgehead atoms. The van der Waals surface area contributed by atoms with E-state index in [9.17, 15) is 17.6 Å². The summed E-state index contributed by atoms with van der Waals surface area (Å²) < 4.78 is 47.3. The van der Waals surface area contributed by atoms with E-state index < -0.39 is 25.4 Å². The van der Waals surface area contributed by atoms with Gasteiger partial charge >= 0.3 is 0 Å². The third-order valence-electron chi connectivity index (χ3n) is 1.51. The van der Waals surface area contributed by atoms with E-state index in [2.05, 4.69) is 4.99 Å². The molecule has 0 aromatic heterocycles. The standard InChI is InChI=1S/C6H8F4N2/c7-5(8)2-12-1-4(6(9)10)11-3-12/h3-6H,1-2H2. The lowest BCUT2D eigenvalue weighted by atomic mass is 10.3. The van der Waals surface area contributed by atoms with Crippen molar-refractivity contribution in [1.82, 2.24) is 4.90 Å². The summed E-state index contributed by atoms with van der Waals surface area (Å²) in [5.41, 5.74) is 0. The fraction of sp³-hybridized carbons (Fsp3) is 0.833. The van der Waals surface area contributed by atoms with E-state index in [1.807, 2.05) is 0 Å². The zero-order valence-electron chi connectivity index (χ0n) is 6.13. The van der Waals surface area contributed by atoms with Crippen molar-refractivity contribution >= 4 is 6.34 Å². The van der Waals surface area contributed by atoms with Crippen molar-refractivity contribution in [3.05, 3.63) is 0 Å². The van der Waals surface area contributed by atoms with E-state index in [0.29, 0.717) is 0 Å². The lowest BCUT2D eigenvalue weighted by Crippen LogP contribution is -2.30. The molecule has 1 rings (SSSR count). The molecule has 2 nitrogen and oxygen atoms in total. The average Bonchev–Trinajstić information content (AvgIpc) is 2.34. The maximum atomic E-state index is 11.9. The van der Waals surface area contributed by atoms with Gasteiger partial charge in [-0.25, -0.2) is 17.6 Å². The van der Waals surface area contributed by atoms with Gasteiger partial charge in [-0.15, -0.1) is 0 Å². The van der Waals surface area contributed by atoms with Gasteiger partial charge in [-0.3, -0.25) is 4.99 Å². The first kappa shape index (κ1) is 9.28.